The van der Waals surface area contributed by atoms with Gasteiger partial charge in [-0.05, 0) is 20.3 Å². The number of hydrogen-bond acceptors (Lipinski definition) is 1. The molecule has 1 atom stereocenters. The third-order valence-electron chi connectivity index (χ3n) is 2.46. The minimum absolute atomic E-state index is 0.623. The predicted molar refractivity (Wildman–Crippen MR) is 64.3 cm³/mol. The van der Waals surface area contributed by atoms with E-state index in [0.29, 0.717) is 6.04 Å². The Bertz CT molecular complexity index is 164. The first-order valence-corrected chi connectivity index (χ1v) is 5.94. The second kappa shape index (κ2) is 10.6. The fourth-order valence-electron chi connectivity index (χ4n) is 1.47. The van der Waals surface area contributed by atoms with Crippen molar-refractivity contribution in [2.45, 2.75) is 65.3 Å². The Morgan fingerprint density at radius 1 is 1.14 bits per heavy atom. The lowest BCUT2D eigenvalue weighted by molar-refractivity contribution is 0.501. The fourth-order valence-corrected chi connectivity index (χ4v) is 1.47. The molecule has 14 heavy (non-hydrogen) atoms. The van der Waals surface area contributed by atoms with Gasteiger partial charge in [-0.3, -0.25) is 0 Å². The quantitative estimate of drug-likeness (QED) is 0.462. The summed E-state index contributed by atoms with van der Waals surface area (Å²) in [4.78, 5) is 0. The molecule has 1 nitrogen and oxygen atoms in total. The summed E-state index contributed by atoms with van der Waals surface area (Å²) in [7, 11) is 0. The maximum Gasteiger partial charge on any atom is 0.0578 e. The lowest BCUT2D eigenvalue weighted by atomic mass is 10.1. The minimum Gasteiger partial charge on any atom is -0.304 e. The lowest BCUT2D eigenvalue weighted by Gasteiger charge is -2.10. The van der Waals surface area contributed by atoms with Crippen molar-refractivity contribution < 1.29 is 0 Å². The standard InChI is InChI=1S/C13H25N/c1-4-6-8-9-10-11-13(3)14-12-7-5-2/h13-14H,4,6,8-12H2,1-3H3. The molecule has 1 heteroatoms. The summed E-state index contributed by atoms with van der Waals surface area (Å²) in [5, 5.41) is 3.40. The molecule has 0 saturated heterocycles. The summed E-state index contributed by atoms with van der Waals surface area (Å²) in [6, 6.07) is 0.623. The van der Waals surface area contributed by atoms with Gasteiger partial charge in [-0.2, -0.15) is 0 Å². The molecule has 0 aromatic heterocycles. The first-order chi connectivity index (χ1) is 6.81. The lowest BCUT2D eigenvalue weighted by Crippen LogP contribution is -2.26. The van der Waals surface area contributed by atoms with Gasteiger partial charge < -0.3 is 5.32 Å². The molecule has 0 heterocycles. The average Bonchev–Trinajstić information content (AvgIpc) is 2.18. The van der Waals surface area contributed by atoms with Gasteiger partial charge in [0.15, 0.2) is 0 Å². The van der Waals surface area contributed by atoms with E-state index in [1.165, 1.54) is 38.5 Å². The topological polar surface area (TPSA) is 12.0 Å². The molecule has 0 aromatic rings. The van der Waals surface area contributed by atoms with Crippen molar-refractivity contribution in [2.24, 2.45) is 0 Å². The number of nitrogens with one attached hydrogen (secondary N) is 1. The highest BCUT2D eigenvalue weighted by Gasteiger charge is 1.98. The molecular formula is C13H25N. The second-order valence-electron chi connectivity index (χ2n) is 3.91. The van der Waals surface area contributed by atoms with Gasteiger partial charge in [-0.1, -0.05) is 44.9 Å². The second-order valence-corrected chi connectivity index (χ2v) is 3.91. The monoisotopic (exact) mass is 195 g/mol. The van der Waals surface area contributed by atoms with Gasteiger partial charge in [0.1, 0.15) is 0 Å². The van der Waals surface area contributed by atoms with E-state index in [1.54, 1.807) is 0 Å². The molecule has 0 aliphatic carbocycles. The van der Waals surface area contributed by atoms with Gasteiger partial charge in [0, 0.05) is 6.04 Å². The third-order valence-corrected chi connectivity index (χ3v) is 2.46. The molecule has 1 N–H and O–H groups in total. The maximum absolute atomic E-state index is 3.40. The van der Waals surface area contributed by atoms with E-state index in [-0.39, 0.29) is 0 Å². The normalized spacial score (nSPS) is 11.9. The van der Waals surface area contributed by atoms with Crippen LogP contribution in [-0.4, -0.2) is 12.6 Å². The highest BCUT2D eigenvalue weighted by atomic mass is 14.9. The Balaban J connectivity index is 3.16. The van der Waals surface area contributed by atoms with E-state index >= 15 is 0 Å². The number of hydrogen-bond donors (Lipinski definition) is 1. The Kier molecular flexibility index (Phi) is 10.2. The highest BCUT2D eigenvalue weighted by Crippen LogP contribution is 2.06. The van der Waals surface area contributed by atoms with Crippen molar-refractivity contribution in [3.05, 3.63) is 0 Å². The summed E-state index contributed by atoms with van der Waals surface area (Å²) in [5.74, 6) is 5.92. The van der Waals surface area contributed by atoms with Crippen molar-refractivity contribution in [1.29, 1.82) is 0 Å². The van der Waals surface area contributed by atoms with E-state index in [9.17, 15) is 0 Å². The van der Waals surface area contributed by atoms with Gasteiger partial charge in [-0.25, -0.2) is 0 Å². The summed E-state index contributed by atoms with van der Waals surface area (Å²) in [5.41, 5.74) is 0. The summed E-state index contributed by atoms with van der Waals surface area (Å²) >= 11 is 0. The van der Waals surface area contributed by atoms with E-state index in [1.807, 2.05) is 6.92 Å². The van der Waals surface area contributed by atoms with Crippen LogP contribution >= 0.6 is 0 Å². The third kappa shape index (κ3) is 9.61. The van der Waals surface area contributed by atoms with Gasteiger partial charge in [0.25, 0.3) is 0 Å². The van der Waals surface area contributed by atoms with Crippen molar-refractivity contribution in [3.63, 3.8) is 0 Å². The van der Waals surface area contributed by atoms with E-state index < -0.39 is 0 Å². The summed E-state index contributed by atoms with van der Waals surface area (Å²) < 4.78 is 0. The molecular weight excluding hydrogens is 170 g/mol. The van der Waals surface area contributed by atoms with Crippen LogP contribution in [0.2, 0.25) is 0 Å². The summed E-state index contributed by atoms with van der Waals surface area (Å²) in [6.45, 7) is 7.23. The molecule has 0 amide bonds. The van der Waals surface area contributed by atoms with Crippen molar-refractivity contribution in [2.75, 3.05) is 6.54 Å². The van der Waals surface area contributed by atoms with Crippen molar-refractivity contribution >= 4 is 0 Å². The minimum atomic E-state index is 0.623. The van der Waals surface area contributed by atoms with Crippen LogP contribution in [0.1, 0.15) is 59.3 Å². The highest BCUT2D eigenvalue weighted by molar-refractivity contribution is 4.97. The largest absolute Gasteiger partial charge is 0.304 e. The molecule has 0 aliphatic heterocycles. The van der Waals surface area contributed by atoms with Gasteiger partial charge in [0.05, 0.1) is 6.54 Å². The average molecular weight is 195 g/mol. The molecule has 0 fully saturated rings. The van der Waals surface area contributed by atoms with Crippen LogP contribution in [0.5, 0.6) is 0 Å². The SMILES string of the molecule is CC#CCNC(C)CCCCCCC. The molecule has 82 valence electrons. The van der Waals surface area contributed by atoms with E-state index in [4.69, 9.17) is 0 Å². The Labute approximate surface area is 89.7 Å². The van der Waals surface area contributed by atoms with Crippen LogP contribution in [0.3, 0.4) is 0 Å². The van der Waals surface area contributed by atoms with Crippen LogP contribution in [0.25, 0.3) is 0 Å². The van der Waals surface area contributed by atoms with Crippen molar-refractivity contribution in [3.8, 4) is 11.8 Å². The van der Waals surface area contributed by atoms with Crippen molar-refractivity contribution in [1.82, 2.24) is 5.32 Å². The van der Waals surface area contributed by atoms with E-state index in [0.717, 1.165) is 6.54 Å². The Morgan fingerprint density at radius 3 is 2.50 bits per heavy atom. The number of unbranched alkanes of at least 4 members (excludes halogenated alkanes) is 4. The zero-order valence-electron chi connectivity index (χ0n) is 10.0. The van der Waals surface area contributed by atoms with Crippen LogP contribution in [-0.2, 0) is 0 Å². The zero-order chi connectivity index (χ0) is 10.6. The van der Waals surface area contributed by atoms with Crippen LogP contribution < -0.4 is 5.32 Å². The first kappa shape index (κ1) is 13.5. The molecule has 0 radical (unpaired) electrons. The molecule has 0 bridgehead atoms. The van der Waals surface area contributed by atoms with Crippen LogP contribution in [0.4, 0.5) is 0 Å². The summed E-state index contributed by atoms with van der Waals surface area (Å²) in [6.07, 6.45) is 8.16. The van der Waals surface area contributed by atoms with Gasteiger partial charge in [0.2, 0.25) is 0 Å². The maximum atomic E-state index is 3.40. The molecule has 0 rings (SSSR count). The fraction of sp³-hybridized carbons (Fsp3) is 0.846. The zero-order valence-corrected chi connectivity index (χ0v) is 10.0. The first-order valence-electron chi connectivity index (χ1n) is 5.94. The van der Waals surface area contributed by atoms with Crippen LogP contribution in [0, 0.1) is 11.8 Å². The van der Waals surface area contributed by atoms with E-state index in [2.05, 4.69) is 31.0 Å². The smallest absolute Gasteiger partial charge is 0.0578 e. The predicted octanol–water partition coefficient (Wildman–Crippen LogP) is 3.35. The van der Waals surface area contributed by atoms with Gasteiger partial charge >= 0.3 is 0 Å². The van der Waals surface area contributed by atoms with Gasteiger partial charge in [-0.15, -0.1) is 5.92 Å². The molecule has 1 unspecified atom stereocenters. The Hall–Kier alpha value is -0.480. The molecule has 0 aliphatic rings. The molecule has 0 spiro atoms. The van der Waals surface area contributed by atoms with Crippen LogP contribution in [0.15, 0.2) is 0 Å². The molecule has 0 aromatic carbocycles. The molecule has 0 saturated carbocycles. The Morgan fingerprint density at radius 2 is 1.86 bits per heavy atom. The number of rotatable bonds is 8.